The molecule has 10 nitrogen and oxygen atoms in total. The van der Waals surface area contributed by atoms with Crippen molar-refractivity contribution in [3.8, 4) is 5.75 Å². The zero-order chi connectivity index (χ0) is 22.3. The predicted molar refractivity (Wildman–Crippen MR) is 112 cm³/mol. The van der Waals surface area contributed by atoms with Crippen LogP contribution in [0.5, 0.6) is 5.75 Å². The van der Waals surface area contributed by atoms with Crippen molar-refractivity contribution in [1.82, 2.24) is 5.32 Å². The van der Waals surface area contributed by atoms with Crippen LogP contribution in [0.3, 0.4) is 0 Å². The van der Waals surface area contributed by atoms with Gasteiger partial charge in [0.1, 0.15) is 21.7 Å². The first kappa shape index (κ1) is 23.9. The number of hydrogen-bond donors (Lipinski definition) is 2. The van der Waals surface area contributed by atoms with Crippen molar-refractivity contribution >= 4 is 53.5 Å². The van der Waals surface area contributed by atoms with E-state index < -0.39 is 31.5 Å². The number of carbonyl (C=O) groups is 4. The van der Waals surface area contributed by atoms with Gasteiger partial charge in [0, 0.05) is 19.8 Å². The van der Waals surface area contributed by atoms with Crippen LogP contribution >= 0.6 is 22.6 Å². The van der Waals surface area contributed by atoms with Crippen LogP contribution in [0.15, 0.2) is 18.2 Å². The molecule has 1 aliphatic heterocycles. The number of ether oxygens (including phenoxy) is 3. The Morgan fingerprint density at radius 3 is 2.70 bits per heavy atom. The summed E-state index contributed by atoms with van der Waals surface area (Å²) in [5.41, 5.74) is 0.607. The number of para-hydroxylation sites is 1. The molecular formula is C18H21BINO9. The first-order valence-electron chi connectivity index (χ1n) is 9.07. The average molecular weight is 533 g/mol. The third kappa shape index (κ3) is 6.87. The lowest BCUT2D eigenvalue weighted by atomic mass is 9.72. The minimum Gasteiger partial charge on any atom is -0.534 e. The fourth-order valence-electron chi connectivity index (χ4n) is 2.73. The summed E-state index contributed by atoms with van der Waals surface area (Å²) in [6, 6.07) is 4.72. The van der Waals surface area contributed by atoms with Crippen LogP contribution < -0.4 is 9.97 Å². The van der Waals surface area contributed by atoms with Gasteiger partial charge < -0.3 is 34.0 Å². The Labute approximate surface area is 186 Å². The average Bonchev–Trinajstić information content (AvgIpc) is 2.66. The lowest BCUT2D eigenvalue weighted by Crippen LogP contribution is -2.53. The molecule has 162 valence electrons. The van der Waals surface area contributed by atoms with Gasteiger partial charge in [-0.1, -0.05) is 12.1 Å². The third-order valence-electron chi connectivity index (χ3n) is 4.10. The zero-order valence-electron chi connectivity index (χ0n) is 16.4. The first-order valence-corrected chi connectivity index (χ1v) is 10.6. The maximum atomic E-state index is 12.5. The minimum absolute atomic E-state index is 0.00958. The molecule has 0 saturated heterocycles. The van der Waals surface area contributed by atoms with Crippen molar-refractivity contribution in [2.45, 2.75) is 45.3 Å². The highest BCUT2D eigenvalue weighted by Crippen LogP contribution is 2.31. The topological polar surface area (TPSA) is 137 Å². The van der Waals surface area contributed by atoms with E-state index in [-0.39, 0.29) is 46.9 Å². The molecule has 12 heteroatoms. The van der Waals surface area contributed by atoms with Crippen LogP contribution in [-0.2, 0) is 30.2 Å². The summed E-state index contributed by atoms with van der Waals surface area (Å²) >= 11 is 1.81. The van der Waals surface area contributed by atoms with E-state index in [9.17, 15) is 24.2 Å². The van der Waals surface area contributed by atoms with Crippen LogP contribution in [0.4, 0.5) is 4.79 Å². The van der Waals surface area contributed by atoms with Crippen LogP contribution in [0, 0.1) is 0 Å². The van der Waals surface area contributed by atoms with E-state index in [1.54, 1.807) is 12.1 Å². The quantitative estimate of drug-likeness (QED) is 0.168. The van der Waals surface area contributed by atoms with E-state index in [0.29, 0.717) is 5.56 Å². The molecule has 1 aromatic carbocycles. The van der Waals surface area contributed by atoms with Crippen molar-refractivity contribution in [3.05, 3.63) is 29.3 Å². The van der Waals surface area contributed by atoms with Crippen LogP contribution in [-0.4, -0.2) is 52.8 Å². The van der Waals surface area contributed by atoms with Gasteiger partial charge in [-0.05, 0) is 47.6 Å². The molecule has 0 radical (unpaired) electrons. The molecule has 2 rings (SSSR count). The van der Waals surface area contributed by atoms with Crippen LogP contribution in [0.25, 0.3) is 0 Å². The van der Waals surface area contributed by atoms with Gasteiger partial charge in [-0.25, -0.2) is 9.59 Å². The zero-order valence-corrected chi connectivity index (χ0v) is 18.5. The van der Waals surface area contributed by atoms with E-state index in [1.165, 1.54) is 19.9 Å². The summed E-state index contributed by atoms with van der Waals surface area (Å²) in [4.78, 5) is 46.7. The van der Waals surface area contributed by atoms with Gasteiger partial charge in [0.15, 0.2) is 0 Å². The van der Waals surface area contributed by atoms with Crippen molar-refractivity contribution in [1.29, 1.82) is 0 Å². The molecule has 0 aromatic heterocycles. The van der Waals surface area contributed by atoms with Crippen molar-refractivity contribution in [2.75, 3.05) is 4.61 Å². The number of nitrogens with one attached hydrogen (secondary N) is 1. The van der Waals surface area contributed by atoms with E-state index in [2.05, 4.69) is 10.1 Å². The Bertz CT molecular complexity index is 819. The van der Waals surface area contributed by atoms with Gasteiger partial charge >= 0.3 is 19.2 Å². The minimum atomic E-state index is -1.40. The molecule has 1 aliphatic rings. The molecule has 0 fully saturated rings. The molecule has 2 atom stereocenters. The Morgan fingerprint density at radius 2 is 2.03 bits per heavy atom. The van der Waals surface area contributed by atoms with Gasteiger partial charge in [-0.3, -0.25) is 4.79 Å². The van der Waals surface area contributed by atoms with E-state index in [4.69, 9.17) is 14.1 Å². The highest BCUT2D eigenvalue weighted by atomic mass is 127. The number of fused-ring (bicyclic) bond motifs is 1. The lowest BCUT2D eigenvalue weighted by molar-refractivity contribution is -0.124. The highest BCUT2D eigenvalue weighted by Gasteiger charge is 2.38. The monoisotopic (exact) mass is 533 g/mol. The fraction of sp³-hybridized carbons (Fsp3) is 0.444. The van der Waals surface area contributed by atoms with E-state index in [1.807, 2.05) is 22.6 Å². The van der Waals surface area contributed by atoms with Crippen molar-refractivity contribution in [3.63, 3.8) is 0 Å². The number of hydrogen-bond acceptors (Lipinski definition) is 9. The molecule has 0 spiro atoms. The number of esters is 1. The molecule has 0 aliphatic carbocycles. The number of carbonyl (C=O) groups excluding carboxylic acids is 4. The van der Waals surface area contributed by atoms with Gasteiger partial charge in [-0.15, -0.1) is 0 Å². The second-order valence-corrected chi connectivity index (χ2v) is 7.10. The summed E-state index contributed by atoms with van der Waals surface area (Å²) in [6.07, 6.45) is -1.86. The largest absolute Gasteiger partial charge is 0.547 e. The Morgan fingerprint density at radius 1 is 1.30 bits per heavy atom. The number of Topliss-reactive ketones (excluding diaryl/α,β-unsaturated/α-hetero) is 1. The Hall–Kier alpha value is -2.35. The molecule has 1 aromatic rings. The van der Waals surface area contributed by atoms with Gasteiger partial charge in [0.25, 0.3) is 0 Å². The summed E-state index contributed by atoms with van der Waals surface area (Å²) in [5, 5.41) is 12.9. The number of benzene rings is 1. The van der Waals surface area contributed by atoms with E-state index >= 15 is 0 Å². The molecular weight excluding hydrogens is 512 g/mol. The maximum absolute atomic E-state index is 12.5. The molecule has 0 saturated carbocycles. The molecule has 1 unspecified atom stereocenters. The highest BCUT2D eigenvalue weighted by molar-refractivity contribution is 14.1. The maximum Gasteiger partial charge on any atom is 0.547 e. The molecule has 0 bridgehead atoms. The lowest BCUT2D eigenvalue weighted by Gasteiger charge is -2.29. The Balaban J connectivity index is 2.05. The van der Waals surface area contributed by atoms with Gasteiger partial charge in [0.05, 0.1) is 5.94 Å². The number of alkyl halides is 1. The first-order chi connectivity index (χ1) is 14.2. The Kier molecular flexibility index (Phi) is 8.90. The smallest absolute Gasteiger partial charge is 0.534 e. The molecule has 2 N–H and O–H groups in total. The van der Waals surface area contributed by atoms with Crippen LogP contribution in [0.1, 0.15) is 42.6 Å². The van der Waals surface area contributed by atoms with Gasteiger partial charge in [-0.2, -0.15) is 0 Å². The summed E-state index contributed by atoms with van der Waals surface area (Å²) in [5.74, 6) is -1.95. The van der Waals surface area contributed by atoms with Gasteiger partial charge in [0.2, 0.25) is 12.2 Å². The molecule has 1 amide bonds. The second-order valence-electron chi connectivity index (χ2n) is 6.48. The second kappa shape index (κ2) is 11.2. The summed E-state index contributed by atoms with van der Waals surface area (Å²) in [7, 11) is -1.40. The van der Waals surface area contributed by atoms with Crippen molar-refractivity contribution < 1.29 is 43.1 Å². The summed E-state index contributed by atoms with van der Waals surface area (Å²) < 4.78 is 20.0. The number of amides is 1. The normalized spacial score (nSPS) is 15.9. The number of ketones is 1. The predicted octanol–water partition coefficient (Wildman–Crippen LogP) is 1.54. The van der Waals surface area contributed by atoms with Crippen LogP contribution in [0.2, 0.25) is 0 Å². The SMILES string of the molecule is CC(=O)CCC(=O)N[C@H]1Cc2cccc(C(=O)OC(C)OC(=O)OCI)c2OB1O. The third-order valence-corrected chi connectivity index (χ3v) is 4.41. The summed E-state index contributed by atoms with van der Waals surface area (Å²) in [6.45, 7) is 2.74. The molecule has 30 heavy (non-hydrogen) atoms. The van der Waals surface area contributed by atoms with Crippen molar-refractivity contribution in [2.24, 2.45) is 0 Å². The standard InChI is InChI=1S/C18H21BINO9/c1-10(22)6-7-15(23)21-14-8-12-4-3-5-13(16(12)30-19(14)26)17(24)28-11(2)29-18(25)27-9-20/h3-5,11,14,26H,6-9H2,1-2H3,(H,21,23)/t11?,14-/m0/s1. The molecule has 1 heterocycles. The number of halogens is 1. The fourth-order valence-corrected chi connectivity index (χ4v) is 2.98. The number of rotatable bonds is 8. The van der Waals surface area contributed by atoms with E-state index in [0.717, 1.165) is 0 Å².